The van der Waals surface area contributed by atoms with Crippen LogP contribution < -0.4 is 0 Å². The minimum atomic E-state index is 0. The van der Waals surface area contributed by atoms with Crippen molar-refractivity contribution >= 4 is 0 Å². The van der Waals surface area contributed by atoms with Crippen molar-refractivity contribution in [3.63, 3.8) is 0 Å². The Labute approximate surface area is 160 Å². The number of hydrogen-bond acceptors (Lipinski definition) is 0. The molecular weight excluding hydrogens is 614 g/mol. The third kappa shape index (κ3) is 239. The van der Waals surface area contributed by atoms with Crippen LogP contribution in [0.5, 0.6) is 0 Å². The second kappa shape index (κ2) is 276. The van der Waals surface area contributed by atoms with E-state index in [1.54, 1.807) is 0 Å². The van der Waals surface area contributed by atoms with E-state index in [4.69, 9.17) is 0 Å². The fourth-order valence-electron chi connectivity index (χ4n) is 0. The molecular formula is La2Mo2O9-12. The first kappa shape index (κ1) is 336. The summed E-state index contributed by atoms with van der Waals surface area (Å²) in [5.41, 5.74) is 0. The Bertz CT molecular complexity index is 15.6. The Hall–Kier alpha value is 3.41. The van der Waals surface area contributed by atoms with E-state index in [1.165, 1.54) is 0 Å². The van der Waals surface area contributed by atoms with Gasteiger partial charge in [0.2, 0.25) is 0 Å². The van der Waals surface area contributed by atoms with E-state index in [0.717, 1.165) is 0 Å². The maximum absolute atomic E-state index is 0. The predicted molar refractivity (Wildman–Crippen MR) is 6.18 cm³/mol. The van der Waals surface area contributed by atoms with E-state index in [9.17, 15) is 0 Å². The van der Waals surface area contributed by atoms with Crippen LogP contribution in [0, 0.1) is 71.2 Å². The van der Waals surface area contributed by atoms with E-state index in [-0.39, 0.29) is 163 Å². The van der Waals surface area contributed by atoms with Gasteiger partial charge in [-0.25, -0.2) is 0 Å². The van der Waals surface area contributed by atoms with Crippen molar-refractivity contribution < 1.29 is 163 Å². The first-order valence-corrected chi connectivity index (χ1v) is 0. The van der Waals surface area contributed by atoms with Crippen LogP contribution in [-0.2, 0) is 91.4 Å². The quantitative estimate of drug-likeness (QED) is 0.296. The second-order valence-electron chi connectivity index (χ2n) is 0. The largest absolute Gasteiger partial charge is 3.00 e. The van der Waals surface area contributed by atoms with Gasteiger partial charge in [-0.3, -0.25) is 0 Å². The van der Waals surface area contributed by atoms with Crippen molar-refractivity contribution in [1.82, 2.24) is 0 Å². The molecule has 0 saturated carbocycles. The monoisotopic (exact) mass is 618 g/mol. The van der Waals surface area contributed by atoms with E-state index in [1.807, 2.05) is 0 Å². The van der Waals surface area contributed by atoms with Crippen molar-refractivity contribution in [2.45, 2.75) is 0 Å². The van der Waals surface area contributed by atoms with Crippen LogP contribution in [0.15, 0.2) is 0 Å². The van der Waals surface area contributed by atoms with E-state index in [2.05, 4.69) is 0 Å². The van der Waals surface area contributed by atoms with Crippen LogP contribution in [0.3, 0.4) is 0 Å². The third-order valence-electron chi connectivity index (χ3n) is 0. The Balaban J connectivity index is 0. The molecule has 0 atom stereocenters. The summed E-state index contributed by atoms with van der Waals surface area (Å²) in [6.07, 6.45) is 0. The topological polar surface area (TPSA) is 256 Å². The van der Waals surface area contributed by atoms with Crippen LogP contribution in [0.1, 0.15) is 0 Å². The van der Waals surface area contributed by atoms with Crippen LogP contribution >= 0.6 is 0 Å². The Morgan fingerprint density at radius 2 is 0.231 bits per heavy atom. The van der Waals surface area contributed by atoms with Gasteiger partial charge < -0.3 is 49.3 Å². The summed E-state index contributed by atoms with van der Waals surface area (Å²) in [5.74, 6) is 0. The third-order valence-corrected chi connectivity index (χ3v) is 0. The van der Waals surface area contributed by atoms with Crippen LogP contribution in [-0.4, -0.2) is 0 Å². The average Bonchev–Trinajstić information content (AvgIpc) is 0. The van der Waals surface area contributed by atoms with Crippen molar-refractivity contribution in [2.75, 3.05) is 0 Å². The summed E-state index contributed by atoms with van der Waals surface area (Å²) in [6, 6.07) is 0. The molecule has 0 fully saturated rings. The van der Waals surface area contributed by atoms with Gasteiger partial charge in [-0.05, 0) is 0 Å². The second-order valence-corrected chi connectivity index (χ2v) is 0. The minimum absolute atomic E-state index is 0. The Kier molecular flexibility index (Phi) is 7110. The molecule has 0 aliphatic rings. The SMILES string of the molecule is [La+3].[La+3].[Mo].[Mo].[O-2].[O-2].[O-2].[O-2].[O-2].[O-2].[O-2].[O-2].[O-2]. The fourth-order valence-corrected chi connectivity index (χ4v) is 0. The molecule has 0 unspecified atom stereocenters. The first-order chi connectivity index (χ1) is 0. The van der Waals surface area contributed by atoms with Crippen molar-refractivity contribution in [3.8, 4) is 0 Å². The summed E-state index contributed by atoms with van der Waals surface area (Å²) in [5, 5.41) is 0. The van der Waals surface area contributed by atoms with E-state index < -0.39 is 0 Å². The Morgan fingerprint density at radius 1 is 0.231 bits per heavy atom. The van der Waals surface area contributed by atoms with Crippen molar-refractivity contribution in [1.29, 1.82) is 0 Å². The molecule has 0 radical (unpaired) electrons. The zero-order chi connectivity index (χ0) is 0. The predicted octanol–water partition coefficient (Wildman–Crippen LogP) is -1.07. The molecule has 0 saturated heterocycles. The maximum atomic E-state index is 0. The molecule has 13 heavy (non-hydrogen) atoms. The summed E-state index contributed by atoms with van der Waals surface area (Å²) in [7, 11) is 0. The van der Waals surface area contributed by atoms with Crippen LogP contribution in [0.4, 0.5) is 0 Å². The molecule has 0 aliphatic heterocycles. The summed E-state index contributed by atoms with van der Waals surface area (Å²) < 4.78 is 0. The van der Waals surface area contributed by atoms with Gasteiger partial charge in [0, 0.05) is 42.1 Å². The number of hydrogen-bond donors (Lipinski definition) is 0. The molecule has 0 rings (SSSR count). The summed E-state index contributed by atoms with van der Waals surface area (Å²) in [6.45, 7) is 0. The first-order valence-electron chi connectivity index (χ1n) is 0. The normalized spacial score (nSPS) is 0. The van der Waals surface area contributed by atoms with Gasteiger partial charge in [0.25, 0.3) is 0 Å². The van der Waals surface area contributed by atoms with Gasteiger partial charge in [0.15, 0.2) is 0 Å². The molecule has 9 nitrogen and oxygen atoms in total. The van der Waals surface area contributed by atoms with Crippen molar-refractivity contribution in [3.05, 3.63) is 0 Å². The van der Waals surface area contributed by atoms with Gasteiger partial charge in [-0.15, -0.1) is 0 Å². The molecule has 0 heterocycles. The van der Waals surface area contributed by atoms with Gasteiger partial charge in [-0.1, -0.05) is 0 Å². The fraction of sp³-hybridized carbons (Fsp3) is 0. The van der Waals surface area contributed by atoms with Gasteiger partial charge in [-0.2, -0.15) is 0 Å². The molecule has 0 spiro atoms. The molecule has 0 aromatic rings. The maximum Gasteiger partial charge on any atom is 3.00 e. The van der Waals surface area contributed by atoms with Crippen LogP contribution in [0.2, 0.25) is 0 Å². The van der Waals surface area contributed by atoms with Gasteiger partial charge >= 0.3 is 71.2 Å². The zero-order valence-corrected chi connectivity index (χ0v) is 16.9. The molecule has 0 amide bonds. The zero-order valence-electron chi connectivity index (χ0n) is 5.65. The summed E-state index contributed by atoms with van der Waals surface area (Å²) >= 11 is 0. The molecule has 84 valence electrons. The average molecular weight is 614 g/mol. The van der Waals surface area contributed by atoms with Crippen molar-refractivity contribution in [2.24, 2.45) is 0 Å². The van der Waals surface area contributed by atoms with Gasteiger partial charge in [0.05, 0.1) is 0 Å². The molecule has 0 aromatic heterocycles. The Morgan fingerprint density at radius 3 is 0.231 bits per heavy atom. The standard InChI is InChI=1S/2La.2Mo.9O/q2*+3;;;9*-2. The molecule has 0 bridgehead atoms. The molecule has 0 aliphatic carbocycles. The van der Waals surface area contributed by atoms with E-state index >= 15 is 0 Å². The van der Waals surface area contributed by atoms with Crippen LogP contribution in [0.25, 0.3) is 0 Å². The molecule has 0 N–H and O–H groups in total. The number of rotatable bonds is 0. The molecule has 0 aromatic carbocycles. The smallest absolute Gasteiger partial charge is 2.00 e. The summed E-state index contributed by atoms with van der Waals surface area (Å²) in [4.78, 5) is 0. The van der Waals surface area contributed by atoms with Gasteiger partial charge in [0.1, 0.15) is 0 Å². The van der Waals surface area contributed by atoms with E-state index in [0.29, 0.717) is 0 Å². The molecule has 13 heteroatoms. The minimum Gasteiger partial charge on any atom is -2.00 e.